The number of carbonyl (C=O) groups excluding carboxylic acids is 1. The summed E-state index contributed by atoms with van der Waals surface area (Å²) >= 11 is 1.60. The Bertz CT molecular complexity index is 287. The predicted molar refractivity (Wildman–Crippen MR) is 68.0 cm³/mol. The number of amides is 1. The van der Waals surface area contributed by atoms with Crippen LogP contribution in [0.5, 0.6) is 0 Å². The van der Waals surface area contributed by atoms with Gasteiger partial charge in [0.1, 0.15) is 12.1 Å². The molecule has 0 radical (unpaired) electrons. The Morgan fingerprint density at radius 2 is 1.56 bits per heavy atom. The van der Waals surface area contributed by atoms with Crippen LogP contribution in [0.3, 0.4) is 0 Å². The standard InChI is InChI=1S/C5H11NO2S.C4H8N2O3/c1-9-3-2-4(6)5(7)8;5-2(4(8)9)1-3(6)7/h4H,2-3,6H2,1H3,(H,7,8);2H,1,5H2,(H2,6,7)(H,8,9). The third-order valence-corrected chi connectivity index (χ3v) is 2.33. The van der Waals surface area contributed by atoms with Crippen molar-refractivity contribution in [1.82, 2.24) is 0 Å². The minimum Gasteiger partial charge on any atom is -0.480 e. The smallest absolute Gasteiger partial charge is 0.321 e. The van der Waals surface area contributed by atoms with Crippen LogP contribution in [0.4, 0.5) is 0 Å². The Labute approximate surface area is 109 Å². The minimum atomic E-state index is -1.21. The molecule has 0 fully saturated rings. The highest BCUT2D eigenvalue weighted by Gasteiger charge is 2.13. The van der Waals surface area contributed by atoms with Gasteiger partial charge in [-0.1, -0.05) is 0 Å². The summed E-state index contributed by atoms with van der Waals surface area (Å²) in [6, 6.07) is -1.85. The summed E-state index contributed by atoms with van der Waals surface area (Å²) in [5.74, 6) is -2.02. The Morgan fingerprint density at radius 1 is 1.11 bits per heavy atom. The number of hydrogen-bond donors (Lipinski definition) is 5. The van der Waals surface area contributed by atoms with Gasteiger partial charge in [-0.15, -0.1) is 0 Å². The van der Waals surface area contributed by atoms with E-state index in [9.17, 15) is 14.4 Å². The molecule has 18 heavy (non-hydrogen) atoms. The molecule has 2 unspecified atom stereocenters. The van der Waals surface area contributed by atoms with Crippen molar-refractivity contribution in [3.05, 3.63) is 0 Å². The topological polar surface area (TPSA) is 170 Å². The van der Waals surface area contributed by atoms with E-state index in [1.807, 2.05) is 6.26 Å². The number of carbonyl (C=O) groups is 3. The maximum absolute atomic E-state index is 10.1. The number of nitrogens with two attached hydrogens (primary N) is 3. The number of aliphatic carboxylic acids is 2. The lowest BCUT2D eigenvalue weighted by Crippen LogP contribution is -2.34. The largest absolute Gasteiger partial charge is 0.480 e. The number of thioether (sulfide) groups is 1. The number of primary amides is 1. The first-order valence-electron chi connectivity index (χ1n) is 4.96. The van der Waals surface area contributed by atoms with Crippen LogP contribution in [-0.4, -0.2) is 52.2 Å². The van der Waals surface area contributed by atoms with E-state index in [1.54, 1.807) is 11.8 Å². The molecule has 106 valence electrons. The molecule has 0 aromatic rings. The molecule has 2 atom stereocenters. The second kappa shape index (κ2) is 10.8. The molecule has 8 N–H and O–H groups in total. The number of rotatable bonds is 7. The molecule has 9 heteroatoms. The van der Waals surface area contributed by atoms with Crippen molar-refractivity contribution in [2.45, 2.75) is 24.9 Å². The number of hydrogen-bond acceptors (Lipinski definition) is 6. The van der Waals surface area contributed by atoms with Gasteiger partial charge < -0.3 is 27.4 Å². The van der Waals surface area contributed by atoms with Gasteiger partial charge in [0.2, 0.25) is 5.91 Å². The van der Waals surface area contributed by atoms with Crippen molar-refractivity contribution in [2.24, 2.45) is 17.2 Å². The molecule has 0 rings (SSSR count). The molecule has 8 nitrogen and oxygen atoms in total. The van der Waals surface area contributed by atoms with E-state index < -0.39 is 29.9 Å². The van der Waals surface area contributed by atoms with Gasteiger partial charge in [-0.05, 0) is 18.4 Å². The fourth-order valence-corrected chi connectivity index (χ4v) is 1.16. The van der Waals surface area contributed by atoms with Gasteiger partial charge in [0.05, 0.1) is 6.42 Å². The highest BCUT2D eigenvalue weighted by Crippen LogP contribution is 1.97. The monoisotopic (exact) mass is 281 g/mol. The van der Waals surface area contributed by atoms with Crippen LogP contribution in [0, 0.1) is 0 Å². The summed E-state index contributed by atoms with van der Waals surface area (Å²) in [5, 5.41) is 16.4. The molecule has 1 amide bonds. The summed E-state index contributed by atoms with van der Waals surface area (Å²) in [7, 11) is 0. The first kappa shape index (κ1) is 19.0. The number of carboxylic acids is 2. The summed E-state index contributed by atoms with van der Waals surface area (Å²) < 4.78 is 0. The Balaban J connectivity index is 0. The van der Waals surface area contributed by atoms with Crippen LogP contribution in [0.25, 0.3) is 0 Å². The fourth-order valence-electron chi connectivity index (χ4n) is 0.672. The van der Waals surface area contributed by atoms with Gasteiger partial charge in [0, 0.05) is 0 Å². The molecule has 0 aliphatic carbocycles. The maximum atomic E-state index is 10.1. The van der Waals surface area contributed by atoms with E-state index in [0.717, 1.165) is 5.75 Å². The highest BCUT2D eigenvalue weighted by atomic mass is 32.2. The molecule has 0 heterocycles. The van der Waals surface area contributed by atoms with Crippen molar-refractivity contribution in [2.75, 3.05) is 12.0 Å². The van der Waals surface area contributed by atoms with Crippen LogP contribution in [0.15, 0.2) is 0 Å². The zero-order valence-corrected chi connectivity index (χ0v) is 10.9. The predicted octanol–water partition coefficient (Wildman–Crippen LogP) is -1.57. The van der Waals surface area contributed by atoms with E-state index in [1.165, 1.54) is 0 Å². The Kier molecular flexibility index (Phi) is 11.4. The van der Waals surface area contributed by atoms with Crippen molar-refractivity contribution in [3.63, 3.8) is 0 Å². The molecular formula is C9H19N3O5S. The highest BCUT2D eigenvalue weighted by molar-refractivity contribution is 7.98. The molecule has 0 saturated heterocycles. The molecule has 0 spiro atoms. The Morgan fingerprint density at radius 3 is 1.78 bits per heavy atom. The van der Waals surface area contributed by atoms with Crippen LogP contribution in [0.2, 0.25) is 0 Å². The molecule has 0 aromatic heterocycles. The minimum absolute atomic E-state index is 0.310. The van der Waals surface area contributed by atoms with E-state index >= 15 is 0 Å². The fraction of sp³-hybridized carbons (Fsp3) is 0.667. The van der Waals surface area contributed by atoms with Gasteiger partial charge >= 0.3 is 11.9 Å². The van der Waals surface area contributed by atoms with Gasteiger partial charge in [-0.2, -0.15) is 11.8 Å². The average Bonchev–Trinajstić information content (AvgIpc) is 2.25. The number of carboxylic acid groups (broad SMARTS) is 2. The van der Waals surface area contributed by atoms with E-state index in [2.05, 4.69) is 5.73 Å². The first-order valence-corrected chi connectivity index (χ1v) is 6.35. The lowest BCUT2D eigenvalue weighted by atomic mass is 10.2. The van der Waals surface area contributed by atoms with Gasteiger partial charge in [-0.25, -0.2) is 0 Å². The maximum Gasteiger partial charge on any atom is 0.321 e. The van der Waals surface area contributed by atoms with E-state index in [-0.39, 0.29) is 6.42 Å². The van der Waals surface area contributed by atoms with Crippen molar-refractivity contribution < 1.29 is 24.6 Å². The molecule has 0 bridgehead atoms. The van der Waals surface area contributed by atoms with Gasteiger partial charge in [0.25, 0.3) is 0 Å². The van der Waals surface area contributed by atoms with E-state index in [0.29, 0.717) is 6.42 Å². The zero-order chi connectivity index (χ0) is 14.7. The van der Waals surface area contributed by atoms with Crippen molar-refractivity contribution >= 4 is 29.6 Å². The van der Waals surface area contributed by atoms with Gasteiger partial charge in [0.15, 0.2) is 0 Å². The third kappa shape index (κ3) is 12.7. The summed E-state index contributed by atoms with van der Waals surface area (Å²) in [6.07, 6.45) is 2.17. The molecule has 0 saturated carbocycles. The van der Waals surface area contributed by atoms with Crippen molar-refractivity contribution in [3.8, 4) is 0 Å². The SMILES string of the molecule is CSCCC(N)C(=O)O.NC(=O)CC(N)C(=O)O. The molecule has 0 aliphatic rings. The Hall–Kier alpha value is -1.32. The average molecular weight is 281 g/mol. The third-order valence-electron chi connectivity index (χ3n) is 1.69. The molecular weight excluding hydrogens is 262 g/mol. The second-order valence-corrected chi connectivity index (χ2v) is 4.33. The summed E-state index contributed by atoms with van der Waals surface area (Å²) in [5.41, 5.74) is 14.8. The first-order chi connectivity index (χ1) is 8.22. The van der Waals surface area contributed by atoms with Crippen LogP contribution >= 0.6 is 11.8 Å². The van der Waals surface area contributed by atoms with Crippen molar-refractivity contribution in [1.29, 1.82) is 0 Å². The van der Waals surface area contributed by atoms with Gasteiger partial charge in [-0.3, -0.25) is 14.4 Å². The molecule has 0 aromatic carbocycles. The van der Waals surface area contributed by atoms with Crippen LogP contribution in [0.1, 0.15) is 12.8 Å². The normalized spacial score (nSPS) is 12.8. The zero-order valence-electron chi connectivity index (χ0n) is 10.0. The lowest BCUT2D eigenvalue weighted by Gasteiger charge is -2.02. The van der Waals surface area contributed by atoms with E-state index in [4.69, 9.17) is 21.7 Å². The summed E-state index contributed by atoms with van der Waals surface area (Å²) in [6.45, 7) is 0. The summed E-state index contributed by atoms with van der Waals surface area (Å²) in [4.78, 5) is 30.0. The lowest BCUT2D eigenvalue weighted by molar-refractivity contribution is -0.140. The van der Waals surface area contributed by atoms with Crippen LogP contribution in [-0.2, 0) is 14.4 Å². The van der Waals surface area contributed by atoms with Crippen LogP contribution < -0.4 is 17.2 Å². The quantitative estimate of drug-likeness (QED) is 0.372. The molecule has 0 aliphatic heterocycles. The second-order valence-electron chi connectivity index (χ2n) is 3.34.